The van der Waals surface area contributed by atoms with E-state index in [9.17, 15) is 4.79 Å². The first-order valence-electron chi connectivity index (χ1n) is 13.0. The molecule has 9 heteroatoms. The van der Waals surface area contributed by atoms with Crippen molar-refractivity contribution in [1.29, 1.82) is 0 Å². The lowest BCUT2D eigenvalue weighted by atomic mass is 10.1. The van der Waals surface area contributed by atoms with Crippen molar-refractivity contribution < 1.29 is 4.79 Å². The monoisotopic (exact) mass is 494 g/mol. The highest BCUT2D eigenvalue weighted by Gasteiger charge is 2.18. The molecule has 0 aromatic carbocycles. The minimum absolute atomic E-state index is 0.00134. The summed E-state index contributed by atoms with van der Waals surface area (Å²) in [6.07, 6.45) is 13.3. The van der Waals surface area contributed by atoms with Crippen molar-refractivity contribution in [3.8, 4) is 22.6 Å². The second-order valence-corrected chi connectivity index (χ2v) is 9.63. The Bertz CT molecular complexity index is 1560. The average Bonchev–Trinajstić information content (AvgIpc) is 3.56. The minimum atomic E-state index is -0.00134. The van der Waals surface area contributed by atoms with Crippen molar-refractivity contribution in [2.75, 3.05) is 23.3 Å². The second-order valence-electron chi connectivity index (χ2n) is 9.63. The predicted octanol–water partition coefficient (Wildman–Crippen LogP) is 5.68. The summed E-state index contributed by atoms with van der Waals surface area (Å²) in [5.41, 5.74) is 7.69. The summed E-state index contributed by atoms with van der Waals surface area (Å²) < 4.78 is 0. The number of unbranched alkanes of at least 4 members (excludes halogenated alkanes) is 1. The second kappa shape index (κ2) is 10.0. The number of fused-ring (bicyclic) bond motifs is 2. The fourth-order valence-electron chi connectivity index (χ4n) is 5.01. The number of nitrogens with one attached hydrogen (secondary N) is 3. The largest absolute Gasteiger partial charge is 0.370 e. The molecule has 0 atom stereocenters. The summed E-state index contributed by atoms with van der Waals surface area (Å²) in [4.78, 5) is 31.9. The predicted molar refractivity (Wildman–Crippen MR) is 146 cm³/mol. The van der Waals surface area contributed by atoms with E-state index in [1.165, 1.54) is 19.3 Å². The van der Waals surface area contributed by atoms with Crippen LogP contribution in [0.1, 0.15) is 45.4 Å². The van der Waals surface area contributed by atoms with Crippen molar-refractivity contribution in [3.05, 3.63) is 49.1 Å². The number of carbonyl (C=O) groups excluding carboxylic acids is 1. The highest BCUT2D eigenvalue weighted by molar-refractivity contribution is 5.99. The number of hydrogen-bond donors (Lipinski definition) is 3. The molecule has 9 nitrogen and oxygen atoms in total. The van der Waals surface area contributed by atoms with E-state index >= 15 is 0 Å². The van der Waals surface area contributed by atoms with Gasteiger partial charge in [-0.3, -0.25) is 19.9 Å². The smallest absolute Gasteiger partial charge is 0.224 e. The standard InChI is InChI=1S/C28H30N8O/c1-2-3-7-26(37)31-19-12-18(14-29-15-19)21-8-9-22-27(33-21)28(35-34-22)23-13-20-24(32-23)16-30-17-25(20)36-10-5-4-6-11-36/h8-9,12-17,32H,2-7,10-11H2,1H3,(H,31,37)(H,34,35). The normalized spacial score (nSPS) is 13.9. The molecule has 1 saturated heterocycles. The number of rotatable bonds is 7. The van der Waals surface area contributed by atoms with Crippen LogP contribution in [0.3, 0.4) is 0 Å². The maximum atomic E-state index is 12.2. The van der Waals surface area contributed by atoms with Gasteiger partial charge in [-0.1, -0.05) is 13.3 Å². The van der Waals surface area contributed by atoms with Crippen LogP contribution in [0.2, 0.25) is 0 Å². The molecule has 37 heavy (non-hydrogen) atoms. The van der Waals surface area contributed by atoms with Gasteiger partial charge in [-0.15, -0.1) is 0 Å². The first kappa shape index (κ1) is 23.1. The topological polar surface area (TPSA) is 115 Å². The van der Waals surface area contributed by atoms with E-state index in [-0.39, 0.29) is 5.91 Å². The van der Waals surface area contributed by atoms with E-state index in [1.54, 1.807) is 12.4 Å². The first-order valence-corrected chi connectivity index (χ1v) is 13.0. The van der Waals surface area contributed by atoms with Gasteiger partial charge in [-0.25, -0.2) is 4.98 Å². The number of hydrogen-bond acceptors (Lipinski definition) is 6. The SMILES string of the molecule is CCCCC(=O)Nc1cncc(-c2ccc3[nH]nc(-c4cc5c(N6CCCCC6)cncc5[nH]4)c3n2)c1. The number of aromatic nitrogens is 6. The molecule has 0 aliphatic carbocycles. The summed E-state index contributed by atoms with van der Waals surface area (Å²) in [6.45, 7) is 4.19. The average molecular weight is 495 g/mol. The molecule has 5 aromatic rings. The van der Waals surface area contributed by atoms with E-state index in [4.69, 9.17) is 4.98 Å². The molecule has 0 saturated carbocycles. The van der Waals surface area contributed by atoms with E-state index in [0.717, 1.165) is 76.2 Å². The van der Waals surface area contributed by atoms with Crippen molar-refractivity contribution >= 4 is 39.2 Å². The van der Waals surface area contributed by atoms with Crippen LogP contribution in [-0.2, 0) is 4.79 Å². The summed E-state index contributed by atoms with van der Waals surface area (Å²) >= 11 is 0. The molecule has 1 aliphatic heterocycles. The summed E-state index contributed by atoms with van der Waals surface area (Å²) in [5, 5.41) is 11.8. The number of H-pyrrole nitrogens is 2. The first-order chi connectivity index (χ1) is 18.2. The van der Waals surface area contributed by atoms with Gasteiger partial charge >= 0.3 is 0 Å². The molecule has 5 aromatic heterocycles. The molecule has 0 spiro atoms. The van der Waals surface area contributed by atoms with E-state index < -0.39 is 0 Å². The number of piperidine rings is 1. The quantitative estimate of drug-likeness (QED) is 0.268. The van der Waals surface area contributed by atoms with Crippen LogP contribution >= 0.6 is 0 Å². The summed E-state index contributed by atoms with van der Waals surface area (Å²) in [7, 11) is 0. The van der Waals surface area contributed by atoms with E-state index in [1.807, 2.05) is 30.6 Å². The van der Waals surface area contributed by atoms with Gasteiger partial charge in [0.15, 0.2) is 0 Å². The van der Waals surface area contributed by atoms with Crippen molar-refractivity contribution in [2.24, 2.45) is 0 Å². The van der Waals surface area contributed by atoms with Crippen LogP contribution in [0.15, 0.2) is 49.1 Å². The molecular weight excluding hydrogens is 464 g/mol. The molecule has 1 amide bonds. The van der Waals surface area contributed by atoms with Crippen molar-refractivity contribution in [2.45, 2.75) is 45.4 Å². The van der Waals surface area contributed by atoms with Crippen molar-refractivity contribution in [3.63, 3.8) is 0 Å². The fourth-order valence-corrected chi connectivity index (χ4v) is 5.01. The van der Waals surface area contributed by atoms with Gasteiger partial charge in [-0.2, -0.15) is 5.10 Å². The highest BCUT2D eigenvalue weighted by Crippen LogP contribution is 2.34. The molecule has 0 bridgehead atoms. The van der Waals surface area contributed by atoms with Gasteiger partial charge in [-0.05, 0) is 49.9 Å². The Morgan fingerprint density at radius 1 is 1.03 bits per heavy atom. The van der Waals surface area contributed by atoms with E-state index in [0.29, 0.717) is 12.1 Å². The highest BCUT2D eigenvalue weighted by atomic mass is 16.1. The maximum Gasteiger partial charge on any atom is 0.224 e. The zero-order valence-electron chi connectivity index (χ0n) is 20.9. The van der Waals surface area contributed by atoms with Crippen LogP contribution in [0.25, 0.3) is 44.6 Å². The Morgan fingerprint density at radius 2 is 1.89 bits per heavy atom. The third-order valence-electron chi connectivity index (χ3n) is 6.96. The minimum Gasteiger partial charge on any atom is -0.370 e. The third kappa shape index (κ3) is 4.64. The zero-order chi connectivity index (χ0) is 25.2. The number of anilines is 2. The fraction of sp³-hybridized carbons (Fsp3) is 0.321. The number of carbonyl (C=O) groups is 1. The Labute approximate surface area is 214 Å². The molecule has 1 fully saturated rings. The third-order valence-corrected chi connectivity index (χ3v) is 6.96. The van der Waals surface area contributed by atoms with Crippen LogP contribution in [0, 0.1) is 0 Å². The van der Waals surface area contributed by atoms with E-state index in [2.05, 4.69) is 48.4 Å². The number of amides is 1. The van der Waals surface area contributed by atoms with Gasteiger partial charge in [0.25, 0.3) is 0 Å². The molecule has 6 heterocycles. The van der Waals surface area contributed by atoms with Crippen LogP contribution in [-0.4, -0.2) is 49.1 Å². The lowest BCUT2D eigenvalue weighted by molar-refractivity contribution is -0.116. The van der Waals surface area contributed by atoms with Crippen LogP contribution < -0.4 is 10.2 Å². The maximum absolute atomic E-state index is 12.2. The van der Waals surface area contributed by atoms with Gasteiger partial charge in [0.2, 0.25) is 5.91 Å². The summed E-state index contributed by atoms with van der Waals surface area (Å²) in [6, 6.07) is 7.97. The molecule has 0 radical (unpaired) electrons. The molecule has 188 valence electrons. The Hall–Kier alpha value is -4.27. The van der Waals surface area contributed by atoms with Gasteiger partial charge in [0.1, 0.15) is 11.2 Å². The number of nitrogens with zero attached hydrogens (tertiary/aromatic N) is 5. The Balaban J connectivity index is 1.34. The Kier molecular flexibility index (Phi) is 6.26. The molecule has 0 unspecified atom stereocenters. The van der Waals surface area contributed by atoms with Crippen LogP contribution in [0.5, 0.6) is 0 Å². The summed E-state index contributed by atoms with van der Waals surface area (Å²) in [5.74, 6) is -0.00134. The zero-order valence-corrected chi connectivity index (χ0v) is 20.9. The van der Waals surface area contributed by atoms with Crippen molar-refractivity contribution in [1.82, 2.24) is 30.1 Å². The lowest BCUT2D eigenvalue weighted by Gasteiger charge is -2.28. The van der Waals surface area contributed by atoms with Crippen LogP contribution in [0.4, 0.5) is 11.4 Å². The molecule has 6 rings (SSSR count). The van der Waals surface area contributed by atoms with Gasteiger partial charge in [0, 0.05) is 36.7 Å². The molecule has 3 N–H and O–H groups in total. The molecular formula is C28H30N8O. The number of aromatic amines is 2. The molecule has 1 aliphatic rings. The lowest BCUT2D eigenvalue weighted by Crippen LogP contribution is -2.29. The number of pyridine rings is 3. The Morgan fingerprint density at radius 3 is 2.76 bits per heavy atom. The van der Waals surface area contributed by atoms with Gasteiger partial charge in [0.05, 0.1) is 52.4 Å². The van der Waals surface area contributed by atoms with Gasteiger partial charge < -0.3 is 15.2 Å².